The van der Waals surface area contributed by atoms with Crippen molar-refractivity contribution in [2.24, 2.45) is 5.92 Å². The number of rotatable bonds is 2. The molecular weight excluding hydrogens is 138 g/mol. The highest BCUT2D eigenvalue weighted by Gasteiger charge is 2.21. The van der Waals surface area contributed by atoms with Crippen LogP contribution in [0.15, 0.2) is 0 Å². The second-order valence-electron chi connectivity index (χ2n) is 3.55. The second-order valence-corrected chi connectivity index (χ2v) is 3.55. The van der Waals surface area contributed by atoms with Crippen molar-refractivity contribution >= 4 is 6.29 Å². The highest BCUT2D eigenvalue weighted by molar-refractivity contribution is 5.54. The maximum atomic E-state index is 10.4. The lowest BCUT2D eigenvalue weighted by atomic mass is 9.99. The third-order valence-electron chi connectivity index (χ3n) is 2.35. The van der Waals surface area contributed by atoms with Gasteiger partial charge >= 0.3 is 0 Å². The van der Waals surface area contributed by atoms with E-state index in [0.29, 0.717) is 6.04 Å². The Morgan fingerprint density at radius 3 is 2.82 bits per heavy atom. The van der Waals surface area contributed by atoms with Gasteiger partial charge in [0.15, 0.2) is 0 Å². The minimum atomic E-state index is 0.172. The number of carbonyl (C=O) groups excluding carboxylic acids is 1. The summed E-state index contributed by atoms with van der Waals surface area (Å²) < 4.78 is 0. The predicted molar refractivity (Wildman–Crippen MR) is 45.1 cm³/mol. The fourth-order valence-corrected chi connectivity index (χ4v) is 1.57. The molecule has 0 amide bonds. The lowest BCUT2D eigenvalue weighted by molar-refractivity contribution is 0.163. The van der Waals surface area contributed by atoms with E-state index < -0.39 is 0 Å². The highest BCUT2D eigenvalue weighted by atomic mass is 16.1. The summed E-state index contributed by atoms with van der Waals surface area (Å²) in [5.74, 6) is 0.172. The van der Waals surface area contributed by atoms with Crippen LogP contribution in [-0.4, -0.2) is 30.3 Å². The minimum Gasteiger partial charge on any atom is -0.300 e. The lowest BCUT2D eigenvalue weighted by Gasteiger charge is -2.32. The standard InChI is InChI=1S/C9H16NO/c1-8(2)10-5-3-4-9(6-10)7-11/h8-9H,3-6H2,1-2H3. The molecule has 1 fully saturated rings. The van der Waals surface area contributed by atoms with Crippen LogP contribution < -0.4 is 0 Å². The van der Waals surface area contributed by atoms with Crippen LogP contribution >= 0.6 is 0 Å². The molecule has 0 aromatic carbocycles. The molecule has 11 heavy (non-hydrogen) atoms. The van der Waals surface area contributed by atoms with E-state index in [1.807, 2.05) is 0 Å². The Morgan fingerprint density at radius 1 is 1.55 bits per heavy atom. The zero-order chi connectivity index (χ0) is 8.27. The summed E-state index contributed by atoms with van der Waals surface area (Å²) in [6, 6.07) is 0.575. The smallest absolute Gasteiger partial charge is 0.203 e. The maximum absolute atomic E-state index is 10.4. The van der Waals surface area contributed by atoms with Crippen LogP contribution in [0.1, 0.15) is 26.7 Å². The second kappa shape index (κ2) is 3.86. The van der Waals surface area contributed by atoms with Crippen molar-refractivity contribution in [2.45, 2.75) is 32.7 Å². The molecule has 1 atom stereocenters. The van der Waals surface area contributed by atoms with Gasteiger partial charge in [0.05, 0.1) is 0 Å². The Labute approximate surface area is 68.6 Å². The number of hydrogen-bond acceptors (Lipinski definition) is 2. The van der Waals surface area contributed by atoms with Crippen LogP contribution in [0.3, 0.4) is 0 Å². The molecule has 0 aliphatic carbocycles. The normalized spacial score (nSPS) is 27.4. The first-order chi connectivity index (χ1) is 5.24. The molecule has 1 aliphatic rings. The molecule has 2 heteroatoms. The van der Waals surface area contributed by atoms with Crippen LogP contribution in [-0.2, 0) is 4.79 Å². The average Bonchev–Trinajstić information content (AvgIpc) is 2.05. The maximum Gasteiger partial charge on any atom is 0.203 e. The summed E-state index contributed by atoms with van der Waals surface area (Å²) >= 11 is 0. The van der Waals surface area contributed by atoms with Gasteiger partial charge in [-0.1, -0.05) is 0 Å². The summed E-state index contributed by atoms with van der Waals surface area (Å²) in [4.78, 5) is 12.7. The first-order valence-electron chi connectivity index (χ1n) is 4.35. The molecule has 1 rings (SSSR count). The number of likely N-dealkylation sites (tertiary alicyclic amines) is 1. The van der Waals surface area contributed by atoms with Crippen LogP contribution in [0.25, 0.3) is 0 Å². The van der Waals surface area contributed by atoms with Gasteiger partial charge < -0.3 is 4.90 Å². The highest BCUT2D eigenvalue weighted by Crippen LogP contribution is 2.15. The molecule has 2 nitrogen and oxygen atoms in total. The van der Waals surface area contributed by atoms with Crippen molar-refractivity contribution < 1.29 is 4.79 Å². The van der Waals surface area contributed by atoms with Gasteiger partial charge in [0.25, 0.3) is 0 Å². The molecule has 1 aliphatic heterocycles. The van der Waals surface area contributed by atoms with E-state index in [2.05, 4.69) is 25.0 Å². The Hall–Kier alpha value is -0.370. The molecule has 1 unspecified atom stereocenters. The van der Waals surface area contributed by atoms with E-state index in [9.17, 15) is 4.79 Å². The molecule has 1 saturated heterocycles. The molecule has 63 valence electrons. The number of hydrogen-bond donors (Lipinski definition) is 0. The van der Waals surface area contributed by atoms with Crippen LogP contribution in [0.2, 0.25) is 0 Å². The summed E-state index contributed by atoms with van der Waals surface area (Å²) in [5, 5.41) is 0. The van der Waals surface area contributed by atoms with Crippen molar-refractivity contribution in [3.63, 3.8) is 0 Å². The quantitative estimate of drug-likeness (QED) is 0.596. The van der Waals surface area contributed by atoms with Gasteiger partial charge in [-0.3, -0.25) is 4.79 Å². The Kier molecular flexibility index (Phi) is 3.06. The van der Waals surface area contributed by atoms with E-state index in [1.54, 1.807) is 0 Å². The summed E-state index contributed by atoms with van der Waals surface area (Å²) in [7, 11) is 0. The number of piperidine rings is 1. The van der Waals surface area contributed by atoms with Crippen molar-refractivity contribution in [3.05, 3.63) is 0 Å². The topological polar surface area (TPSA) is 20.3 Å². The molecule has 1 heterocycles. The van der Waals surface area contributed by atoms with E-state index in [4.69, 9.17) is 0 Å². The Balaban J connectivity index is 2.39. The lowest BCUT2D eigenvalue weighted by Crippen LogP contribution is -2.40. The fraction of sp³-hybridized carbons (Fsp3) is 0.889. The zero-order valence-electron chi connectivity index (χ0n) is 7.34. The van der Waals surface area contributed by atoms with Gasteiger partial charge in [0.2, 0.25) is 6.29 Å². The number of nitrogens with zero attached hydrogens (tertiary/aromatic N) is 1. The van der Waals surface area contributed by atoms with E-state index >= 15 is 0 Å². The van der Waals surface area contributed by atoms with Crippen molar-refractivity contribution in [2.75, 3.05) is 13.1 Å². The van der Waals surface area contributed by atoms with E-state index in [1.165, 1.54) is 0 Å². The third kappa shape index (κ3) is 2.29. The van der Waals surface area contributed by atoms with Crippen molar-refractivity contribution in [3.8, 4) is 0 Å². The molecule has 0 aromatic heterocycles. The van der Waals surface area contributed by atoms with Crippen molar-refractivity contribution in [1.82, 2.24) is 4.90 Å². The van der Waals surface area contributed by atoms with Crippen LogP contribution in [0.4, 0.5) is 0 Å². The van der Waals surface area contributed by atoms with E-state index in [-0.39, 0.29) is 5.92 Å². The first kappa shape index (κ1) is 8.72. The summed E-state index contributed by atoms with van der Waals surface area (Å²) in [5.41, 5.74) is 0. The molecule has 1 radical (unpaired) electrons. The molecule has 0 aromatic rings. The van der Waals surface area contributed by atoms with Gasteiger partial charge in [-0.05, 0) is 33.2 Å². The first-order valence-corrected chi connectivity index (χ1v) is 4.35. The summed E-state index contributed by atoms with van der Waals surface area (Å²) in [6.45, 7) is 6.41. The minimum absolute atomic E-state index is 0.172. The SMILES string of the molecule is CC(C)N1CCCC([C]=O)C1. The zero-order valence-corrected chi connectivity index (χ0v) is 7.34. The predicted octanol–water partition coefficient (Wildman–Crippen LogP) is 1.22. The van der Waals surface area contributed by atoms with Gasteiger partial charge in [0.1, 0.15) is 0 Å². The summed E-state index contributed by atoms with van der Waals surface area (Å²) in [6.07, 6.45) is 4.28. The van der Waals surface area contributed by atoms with Crippen LogP contribution in [0, 0.1) is 5.92 Å². The van der Waals surface area contributed by atoms with Gasteiger partial charge in [-0.25, -0.2) is 0 Å². The monoisotopic (exact) mass is 154 g/mol. The molecule has 0 bridgehead atoms. The van der Waals surface area contributed by atoms with Gasteiger partial charge in [-0.15, -0.1) is 0 Å². The van der Waals surface area contributed by atoms with Crippen molar-refractivity contribution in [1.29, 1.82) is 0 Å². The molecular formula is C9H16NO. The van der Waals surface area contributed by atoms with Gasteiger partial charge in [-0.2, -0.15) is 0 Å². The molecule has 0 saturated carbocycles. The third-order valence-corrected chi connectivity index (χ3v) is 2.35. The van der Waals surface area contributed by atoms with E-state index in [0.717, 1.165) is 25.9 Å². The fourth-order valence-electron chi connectivity index (χ4n) is 1.57. The Bertz CT molecular complexity index is 134. The largest absolute Gasteiger partial charge is 0.300 e. The molecule has 0 spiro atoms. The molecule has 0 N–H and O–H groups in total. The Morgan fingerprint density at radius 2 is 2.27 bits per heavy atom. The van der Waals surface area contributed by atoms with Gasteiger partial charge in [0, 0.05) is 18.5 Å². The van der Waals surface area contributed by atoms with Crippen LogP contribution in [0.5, 0.6) is 0 Å². The average molecular weight is 154 g/mol.